The van der Waals surface area contributed by atoms with Crippen molar-refractivity contribution in [2.45, 2.75) is 0 Å². The number of ether oxygens (including phenoxy) is 2. The number of ketones is 1. The molecule has 0 saturated heterocycles. The van der Waals surface area contributed by atoms with E-state index in [4.69, 9.17) is 9.47 Å². The highest BCUT2D eigenvalue weighted by Gasteiger charge is 2.18. The SMILES string of the molecule is COCCOC(=O)c1cc(C(=O)c2ccccc2O)ccc1O. The lowest BCUT2D eigenvalue weighted by Gasteiger charge is -2.08. The zero-order chi connectivity index (χ0) is 16.8. The Morgan fingerprint density at radius 3 is 2.35 bits per heavy atom. The van der Waals surface area contributed by atoms with Gasteiger partial charge in [-0.2, -0.15) is 0 Å². The number of carbonyl (C=O) groups is 2. The Morgan fingerprint density at radius 2 is 1.65 bits per heavy atom. The predicted molar refractivity (Wildman–Crippen MR) is 81.8 cm³/mol. The molecule has 23 heavy (non-hydrogen) atoms. The number of phenolic OH excluding ortho intramolecular Hbond substituents is 2. The average molecular weight is 316 g/mol. The van der Waals surface area contributed by atoms with Crippen LogP contribution < -0.4 is 0 Å². The largest absolute Gasteiger partial charge is 0.507 e. The fourth-order valence-corrected chi connectivity index (χ4v) is 1.96. The summed E-state index contributed by atoms with van der Waals surface area (Å²) in [6.07, 6.45) is 0. The van der Waals surface area contributed by atoms with Gasteiger partial charge in [0.15, 0.2) is 5.78 Å². The standard InChI is InChI=1S/C17H16O6/c1-22-8-9-23-17(21)13-10-11(6-7-15(13)19)16(20)12-4-2-3-5-14(12)18/h2-7,10,18-19H,8-9H2,1H3. The van der Waals surface area contributed by atoms with Crippen LogP contribution in [-0.4, -0.2) is 42.3 Å². The van der Waals surface area contributed by atoms with Crippen LogP contribution in [0.15, 0.2) is 42.5 Å². The molecule has 0 amide bonds. The summed E-state index contributed by atoms with van der Waals surface area (Å²) < 4.78 is 9.70. The van der Waals surface area contributed by atoms with Crippen molar-refractivity contribution in [1.29, 1.82) is 0 Å². The smallest absolute Gasteiger partial charge is 0.342 e. The third-order valence-electron chi connectivity index (χ3n) is 3.15. The molecular weight excluding hydrogens is 300 g/mol. The summed E-state index contributed by atoms with van der Waals surface area (Å²) in [5.41, 5.74) is 0.141. The number of benzene rings is 2. The van der Waals surface area contributed by atoms with Crippen molar-refractivity contribution in [2.24, 2.45) is 0 Å². The second-order valence-electron chi connectivity index (χ2n) is 4.71. The predicted octanol–water partition coefficient (Wildman–Crippen LogP) is 2.13. The maximum Gasteiger partial charge on any atom is 0.342 e. The van der Waals surface area contributed by atoms with Crippen molar-refractivity contribution < 1.29 is 29.3 Å². The van der Waals surface area contributed by atoms with E-state index in [2.05, 4.69) is 0 Å². The van der Waals surface area contributed by atoms with E-state index in [1.165, 1.54) is 37.4 Å². The fraction of sp³-hybridized carbons (Fsp3) is 0.176. The van der Waals surface area contributed by atoms with E-state index in [0.29, 0.717) is 0 Å². The van der Waals surface area contributed by atoms with Crippen LogP contribution in [0, 0.1) is 0 Å². The Kier molecular flexibility index (Phi) is 5.32. The summed E-state index contributed by atoms with van der Waals surface area (Å²) >= 11 is 0. The van der Waals surface area contributed by atoms with Gasteiger partial charge in [-0.1, -0.05) is 12.1 Å². The van der Waals surface area contributed by atoms with E-state index < -0.39 is 11.8 Å². The van der Waals surface area contributed by atoms with Crippen LogP contribution in [-0.2, 0) is 9.47 Å². The Hall–Kier alpha value is -2.86. The first-order chi connectivity index (χ1) is 11.0. The number of aromatic hydroxyl groups is 2. The number of carbonyl (C=O) groups excluding carboxylic acids is 2. The molecule has 0 saturated carbocycles. The molecule has 6 nitrogen and oxygen atoms in total. The van der Waals surface area contributed by atoms with Gasteiger partial charge in [0, 0.05) is 12.7 Å². The molecule has 0 radical (unpaired) electrons. The van der Waals surface area contributed by atoms with E-state index in [9.17, 15) is 19.8 Å². The molecule has 0 aliphatic heterocycles. The molecule has 0 fully saturated rings. The Bertz CT molecular complexity index is 723. The maximum absolute atomic E-state index is 12.4. The van der Waals surface area contributed by atoms with Crippen LogP contribution in [0.2, 0.25) is 0 Å². The third-order valence-corrected chi connectivity index (χ3v) is 3.15. The van der Waals surface area contributed by atoms with Gasteiger partial charge in [0.1, 0.15) is 23.7 Å². The lowest BCUT2D eigenvalue weighted by molar-refractivity contribution is 0.0385. The van der Waals surface area contributed by atoms with E-state index >= 15 is 0 Å². The molecule has 6 heteroatoms. The number of rotatable bonds is 6. The summed E-state index contributed by atoms with van der Waals surface area (Å²) in [4.78, 5) is 24.3. The number of hydrogen-bond donors (Lipinski definition) is 2. The van der Waals surface area contributed by atoms with Gasteiger partial charge in [-0.05, 0) is 30.3 Å². The normalized spacial score (nSPS) is 10.3. The van der Waals surface area contributed by atoms with Gasteiger partial charge in [-0.3, -0.25) is 4.79 Å². The molecule has 0 aliphatic carbocycles. The highest BCUT2D eigenvalue weighted by molar-refractivity contribution is 6.11. The Balaban J connectivity index is 2.28. The van der Waals surface area contributed by atoms with E-state index in [0.717, 1.165) is 0 Å². The molecule has 0 unspecified atom stereocenters. The van der Waals surface area contributed by atoms with Gasteiger partial charge in [-0.15, -0.1) is 0 Å². The zero-order valence-electron chi connectivity index (χ0n) is 12.5. The molecule has 2 N–H and O–H groups in total. The number of methoxy groups -OCH3 is 1. The first-order valence-corrected chi connectivity index (χ1v) is 6.86. The quantitative estimate of drug-likeness (QED) is 0.482. The lowest BCUT2D eigenvalue weighted by atomic mass is 10.00. The van der Waals surface area contributed by atoms with Crippen LogP contribution in [0.5, 0.6) is 11.5 Å². The molecule has 0 atom stereocenters. The molecule has 0 heterocycles. The van der Waals surface area contributed by atoms with Gasteiger partial charge < -0.3 is 19.7 Å². The first kappa shape index (κ1) is 16.5. The second-order valence-corrected chi connectivity index (χ2v) is 4.71. The maximum atomic E-state index is 12.4. The molecule has 0 bridgehead atoms. The number of hydrogen-bond acceptors (Lipinski definition) is 6. The van der Waals surface area contributed by atoms with Crippen LogP contribution in [0.3, 0.4) is 0 Å². The van der Waals surface area contributed by atoms with Crippen molar-refractivity contribution >= 4 is 11.8 Å². The summed E-state index contributed by atoms with van der Waals surface area (Å²) in [6.45, 7) is 0.259. The summed E-state index contributed by atoms with van der Waals surface area (Å²) in [5.74, 6) is -1.67. The topological polar surface area (TPSA) is 93.1 Å². The monoisotopic (exact) mass is 316 g/mol. The van der Waals surface area contributed by atoms with E-state index in [1.807, 2.05) is 0 Å². The van der Waals surface area contributed by atoms with Gasteiger partial charge >= 0.3 is 5.97 Å². The molecular formula is C17H16O6. The first-order valence-electron chi connectivity index (χ1n) is 6.86. The second kappa shape index (κ2) is 7.42. The minimum Gasteiger partial charge on any atom is -0.507 e. The molecule has 0 aromatic heterocycles. The third kappa shape index (κ3) is 3.87. The van der Waals surface area contributed by atoms with Crippen molar-refractivity contribution in [2.75, 3.05) is 20.3 Å². The van der Waals surface area contributed by atoms with Crippen LogP contribution in [0.4, 0.5) is 0 Å². The molecule has 0 aliphatic rings. The highest BCUT2D eigenvalue weighted by atomic mass is 16.6. The lowest BCUT2D eigenvalue weighted by Crippen LogP contribution is -2.11. The number of para-hydroxylation sites is 1. The van der Waals surface area contributed by atoms with E-state index in [-0.39, 0.29) is 41.4 Å². The summed E-state index contributed by atoms with van der Waals surface area (Å²) in [6, 6.07) is 9.93. The Morgan fingerprint density at radius 1 is 0.957 bits per heavy atom. The van der Waals surface area contributed by atoms with Crippen LogP contribution in [0.25, 0.3) is 0 Å². The molecule has 2 rings (SSSR count). The Labute approximate surface area is 132 Å². The van der Waals surface area contributed by atoms with Gasteiger partial charge in [0.25, 0.3) is 0 Å². The van der Waals surface area contributed by atoms with Crippen LogP contribution in [0.1, 0.15) is 26.3 Å². The zero-order valence-corrected chi connectivity index (χ0v) is 12.5. The van der Waals surface area contributed by atoms with Crippen LogP contribution >= 0.6 is 0 Å². The molecule has 120 valence electrons. The van der Waals surface area contributed by atoms with Crippen molar-refractivity contribution in [3.8, 4) is 11.5 Å². The number of esters is 1. The minimum absolute atomic E-state index is 0.0341. The van der Waals surface area contributed by atoms with Crippen molar-refractivity contribution in [3.05, 3.63) is 59.2 Å². The summed E-state index contributed by atoms with van der Waals surface area (Å²) in [5, 5.41) is 19.5. The van der Waals surface area contributed by atoms with Gasteiger partial charge in [0.05, 0.1) is 12.2 Å². The molecule has 0 spiro atoms. The summed E-state index contributed by atoms with van der Waals surface area (Å²) in [7, 11) is 1.47. The van der Waals surface area contributed by atoms with Gasteiger partial charge in [0.2, 0.25) is 0 Å². The minimum atomic E-state index is -0.758. The van der Waals surface area contributed by atoms with Crippen molar-refractivity contribution in [1.82, 2.24) is 0 Å². The van der Waals surface area contributed by atoms with E-state index in [1.54, 1.807) is 12.1 Å². The average Bonchev–Trinajstić information content (AvgIpc) is 2.55. The number of phenols is 2. The highest BCUT2D eigenvalue weighted by Crippen LogP contribution is 2.24. The van der Waals surface area contributed by atoms with Crippen molar-refractivity contribution in [3.63, 3.8) is 0 Å². The van der Waals surface area contributed by atoms with Gasteiger partial charge in [-0.25, -0.2) is 4.79 Å². The fourth-order valence-electron chi connectivity index (χ4n) is 1.96. The molecule has 2 aromatic rings. The molecule has 2 aromatic carbocycles.